The minimum Gasteiger partial charge on any atom is -0.456 e. The predicted octanol–water partition coefficient (Wildman–Crippen LogP) is 14.8. The SMILES string of the molecule is c1ccc(-c2ccccc2-n2c3ccccc3c3cc(-n4c5c(c6cc(-c7ccc8oc9ccccc9c8c7)ccc64)-c4cccc6cccc-5c46)ccc32)cc1. The van der Waals surface area contributed by atoms with Crippen molar-refractivity contribution in [1.29, 1.82) is 0 Å². The maximum atomic E-state index is 6.20. The van der Waals surface area contributed by atoms with E-state index in [1.165, 1.54) is 93.8 Å². The Balaban J connectivity index is 1.07. The fourth-order valence-electron chi connectivity index (χ4n) is 9.81. The normalized spacial score (nSPS) is 12.2. The van der Waals surface area contributed by atoms with Gasteiger partial charge in [-0.15, -0.1) is 0 Å². The van der Waals surface area contributed by atoms with Crippen molar-refractivity contribution in [3.05, 3.63) is 194 Å². The third-order valence-corrected chi connectivity index (χ3v) is 12.3. The number of nitrogens with zero attached hydrogens (tertiary/aromatic N) is 2. The molecule has 264 valence electrons. The van der Waals surface area contributed by atoms with Crippen LogP contribution in [0, 0.1) is 0 Å². The van der Waals surface area contributed by atoms with E-state index in [1.807, 2.05) is 12.1 Å². The molecule has 1 aliphatic rings. The first-order valence-corrected chi connectivity index (χ1v) is 19.6. The summed E-state index contributed by atoms with van der Waals surface area (Å²) in [6, 6.07) is 70.8. The highest BCUT2D eigenvalue weighted by molar-refractivity contribution is 6.22. The monoisotopic (exact) mass is 724 g/mol. The van der Waals surface area contributed by atoms with Gasteiger partial charge in [-0.1, -0.05) is 133 Å². The van der Waals surface area contributed by atoms with Crippen LogP contribution in [0.4, 0.5) is 0 Å². The molecule has 0 aliphatic heterocycles. The smallest absolute Gasteiger partial charge is 0.135 e. The Bertz CT molecular complexity index is 3630. The Labute approximate surface area is 327 Å². The Morgan fingerprint density at radius 1 is 0.351 bits per heavy atom. The summed E-state index contributed by atoms with van der Waals surface area (Å²) in [5, 5.41) is 8.60. The molecule has 0 N–H and O–H groups in total. The molecule has 3 nitrogen and oxygen atoms in total. The van der Waals surface area contributed by atoms with Gasteiger partial charge >= 0.3 is 0 Å². The molecule has 0 atom stereocenters. The third kappa shape index (κ3) is 4.26. The molecule has 57 heavy (non-hydrogen) atoms. The van der Waals surface area contributed by atoms with Crippen LogP contribution in [0.1, 0.15) is 0 Å². The van der Waals surface area contributed by atoms with E-state index < -0.39 is 0 Å². The quantitative estimate of drug-likeness (QED) is 0.177. The summed E-state index contributed by atoms with van der Waals surface area (Å²) >= 11 is 0. The summed E-state index contributed by atoms with van der Waals surface area (Å²) in [4.78, 5) is 0. The summed E-state index contributed by atoms with van der Waals surface area (Å²) in [6.45, 7) is 0. The van der Waals surface area contributed by atoms with Crippen molar-refractivity contribution in [2.45, 2.75) is 0 Å². The number of hydrogen-bond donors (Lipinski definition) is 0. The summed E-state index contributed by atoms with van der Waals surface area (Å²) in [6.07, 6.45) is 0. The van der Waals surface area contributed by atoms with E-state index in [0.717, 1.165) is 27.6 Å². The minimum absolute atomic E-state index is 0.913. The van der Waals surface area contributed by atoms with Gasteiger partial charge in [0, 0.05) is 49.3 Å². The number of furan rings is 1. The van der Waals surface area contributed by atoms with Crippen molar-refractivity contribution >= 4 is 65.4 Å². The summed E-state index contributed by atoms with van der Waals surface area (Å²) in [5.74, 6) is 0. The van der Waals surface area contributed by atoms with E-state index >= 15 is 0 Å². The average Bonchev–Trinajstić information content (AvgIpc) is 4.01. The molecule has 3 heteroatoms. The molecule has 0 fully saturated rings. The van der Waals surface area contributed by atoms with Crippen molar-refractivity contribution < 1.29 is 4.42 Å². The van der Waals surface area contributed by atoms with Crippen LogP contribution in [0.25, 0.3) is 121 Å². The van der Waals surface area contributed by atoms with E-state index in [4.69, 9.17) is 4.42 Å². The van der Waals surface area contributed by atoms with Crippen LogP contribution >= 0.6 is 0 Å². The first-order valence-electron chi connectivity index (χ1n) is 19.6. The first kappa shape index (κ1) is 30.7. The molecule has 3 heterocycles. The van der Waals surface area contributed by atoms with Gasteiger partial charge in [-0.3, -0.25) is 0 Å². The van der Waals surface area contributed by atoms with Gasteiger partial charge in [0.15, 0.2) is 0 Å². The molecule has 0 radical (unpaired) electrons. The van der Waals surface area contributed by atoms with Crippen LogP contribution < -0.4 is 0 Å². The fourth-order valence-corrected chi connectivity index (χ4v) is 9.81. The molecule has 3 aromatic heterocycles. The highest BCUT2D eigenvalue weighted by Gasteiger charge is 2.30. The maximum absolute atomic E-state index is 6.20. The molecule has 9 aromatic carbocycles. The number of para-hydroxylation sites is 3. The maximum Gasteiger partial charge on any atom is 0.135 e. The van der Waals surface area contributed by atoms with Crippen molar-refractivity contribution in [2.24, 2.45) is 0 Å². The van der Waals surface area contributed by atoms with Crippen LogP contribution in [-0.4, -0.2) is 9.13 Å². The van der Waals surface area contributed by atoms with Crippen LogP contribution in [0.3, 0.4) is 0 Å². The van der Waals surface area contributed by atoms with E-state index in [2.05, 4.69) is 191 Å². The summed E-state index contributed by atoms with van der Waals surface area (Å²) < 4.78 is 11.2. The van der Waals surface area contributed by atoms with Gasteiger partial charge in [0.05, 0.1) is 27.9 Å². The second kappa shape index (κ2) is 11.5. The molecule has 0 amide bonds. The highest BCUT2D eigenvalue weighted by Crippen LogP contribution is 2.53. The molecule has 0 unspecified atom stereocenters. The zero-order chi connectivity index (χ0) is 37.2. The summed E-state index contributed by atoms with van der Waals surface area (Å²) in [7, 11) is 0. The van der Waals surface area contributed by atoms with Crippen molar-refractivity contribution in [1.82, 2.24) is 9.13 Å². The van der Waals surface area contributed by atoms with Crippen LogP contribution in [-0.2, 0) is 0 Å². The second-order valence-electron chi connectivity index (χ2n) is 15.2. The molecular weight excluding hydrogens is 693 g/mol. The molecule has 0 bridgehead atoms. The van der Waals surface area contributed by atoms with Gasteiger partial charge in [-0.25, -0.2) is 0 Å². The molecule has 0 saturated carbocycles. The van der Waals surface area contributed by atoms with Crippen molar-refractivity contribution in [3.63, 3.8) is 0 Å². The fraction of sp³-hybridized carbons (Fsp3) is 0. The molecule has 0 spiro atoms. The van der Waals surface area contributed by atoms with Gasteiger partial charge in [0.2, 0.25) is 0 Å². The lowest BCUT2D eigenvalue weighted by molar-refractivity contribution is 0.669. The molecule has 12 aromatic rings. The van der Waals surface area contributed by atoms with E-state index in [9.17, 15) is 0 Å². The zero-order valence-electron chi connectivity index (χ0n) is 30.8. The highest BCUT2D eigenvalue weighted by atomic mass is 16.3. The van der Waals surface area contributed by atoms with Crippen molar-refractivity contribution in [2.75, 3.05) is 0 Å². The molecular formula is C54H32N2O. The first-order chi connectivity index (χ1) is 28.3. The summed E-state index contributed by atoms with van der Waals surface area (Å²) in [5.41, 5.74) is 17.6. The lowest BCUT2D eigenvalue weighted by atomic mass is 9.98. The Hall–Kier alpha value is -7.62. The number of benzene rings is 9. The van der Waals surface area contributed by atoms with Crippen LogP contribution in [0.5, 0.6) is 0 Å². The largest absolute Gasteiger partial charge is 0.456 e. The second-order valence-corrected chi connectivity index (χ2v) is 15.2. The number of fused-ring (bicyclic) bond motifs is 11. The lowest BCUT2D eigenvalue weighted by Crippen LogP contribution is -1.98. The molecule has 0 saturated heterocycles. The van der Waals surface area contributed by atoms with E-state index in [-0.39, 0.29) is 0 Å². The zero-order valence-corrected chi connectivity index (χ0v) is 30.8. The van der Waals surface area contributed by atoms with E-state index in [1.54, 1.807) is 0 Å². The standard InChI is InChI=1S/C54H32N2O/c1-2-12-33(13-3-1)38-16-4-7-21-46(38)56-47-22-8-5-17-39(47)43-32-37(26-28-48(43)56)55-49-27-24-35(36-25-29-51-44(30-36)40-18-6-9-23-50(40)57-51)31-45(49)53-41-19-10-14-34-15-11-20-42(52(34)41)54(53)55/h1-32H. The number of aromatic nitrogens is 2. The van der Waals surface area contributed by atoms with Gasteiger partial charge in [-0.05, 0) is 93.7 Å². The molecule has 13 rings (SSSR count). The number of hydrogen-bond acceptors (Lipinski definition) is 1. The van der Waals surface area contributed by atoms with Crippen LogP contribution in [0.15, 0.2) is 199 Å². The Morgan fingerprint density at radius 3 is 1.89 bits per heavy atom. The average molecular weight is 725 g/mol. The van der Waals surface area contributed by atoms with Crippen LogP contribution in [0.2, 0.25) is 0 Å². The lowest BCUT2D eigenvalue weighted by Gasteiger charge is -2.15. The molecule has 1 aliphatic carbocycles. The van der Waals surface area contributed by atoms with Gasteiger partial charge in [-0.2, -0.15) is 0 Å². The Morgan fingerprint density at radius 2 is 1.00 bits per heavy atom. The third-order valence-electron chi connectivity index (χ3n) is 12.3. The van der Waals surface area contributed by atoms with Crippen molar-refractivity contribution in [3.8, 4) is 56.0 Å². The topological polar surface area (TPSA) is 23.0 Å². The number of rotatable bonds is 4. The van der Waals surface area contributed by atoms with Gasteiger partial charge in [0.1, 0.15) is 11.2 Å². The van der Waals surface area contributed by atoms with Gasteiger partial charge < -0.3 is 13.6 Å². The predicted molar refractivity (Wildman–Crippen MR) is 238 cm³/mol. The minimum atomic E-state index is 0.913. The Kier molecular flexibility index (Phi) is 6.16. The van der Waals surface area contributed by atoms with Gasteiger partial charge in [0.25, 0.3) is 0 Å². The van der Waals surface area contributed by atoms with E-state index in [0.29, 0.717) is 0 Å².